The summed E-state index contributed by atoms with van der Waals surface area (Å²) in [7, 11) is 0. The van der Waals surface area contributed by atoms with Gasteiger partial charge in [0.1, 0.15) is 11.6 Å². The molecule has 7 heteroatoms. The Labute approximate surface area is 163 Å². The molecular formula is C21H13ClF4N2. The highest BCUT2D eigenvalue weighted by Gasteiger charge is 2.31. The average Bonchev–Trinajstić information content (AvgIpc) is 3.01. The second-order valence-electron chi connectivity index (χ2n) is 6.32. The lowest BCUT2D eigenvalue weighted by molar-refractivity contribution is -0.137. The quantitative estimate of drug-likeness (QED) is 0.353. The second kappa shape index (κ2) is 6.95. The zero-order chi connectivity index (χ0) is 19.9. The maximum atomic E-state index is 13.7. The van der Waals surface area contributed by atoms with Gasteiger partial charge < -0.3 is 4.57 Å². The molecule has 0 bridgehead atoms. The summed E-state index contributed by atoms with van der Waals surface area (Å²) < 4.78 is 54.8. The molecule has 0 saturated carbocycles. The first-order valence-corrected chi connectivity index (χ1v) is 8.77. The number of halogens is 5. The first-order chi connectivity index (χ1) is 13.3. The maximum absolute atomic E-state index is 13.7. The summed E-state index contributed by atoms with van der Waals surface area (Å²) in [5.74, 6) is -0.0847. The molecule has 0 spiro atoms. The number of hydrogen-bond acceptors (Lipinski definition) is 1. The number of aromatic nitrogens is 2. The summed E-state index contributed by atoms with van der Waals surface area (Å²) in [5.41, 5.74) is 1.15. The molecule has 142 valence electrons. The van der Waals surface area contributed by atoms with Gasteiger partial charge in [0.15, 0.2) is 0 Å². The Hall–Kier alpha value is -2.86. The fraction of sp³-hybridized carbons (Fsp3) is 0.0952. The summed E-state index contributed by atoms with van der Waals surface area (Å²) in [4.78, 5) is 4.38. The topological polar surface area (TPSA) is 17.8 Å². The van der Waals surface area contributed by atoms with Crippen LogP contribution in [0.25, 0.3) is 22.4 Å². The maximum Gasteiger partial charge on any atom is 0.416 e. The van der Waals surface area contributed by atoms with E-state index >= 15 is 0 Å². The Morgan fingerprint density at radius 3 is 2.43 bits per heavy atom. The molecule has 0 unspecified atom stereocenters. The Bertz CT molecular complexity index is 1160. The van der Waals surface area contributed by atoms with Crippen LogP contribution in [0.4, 0.5) is 17.6 Å². The summed E-state index contributed by atoms with van der Waals surface area (Å²) in [5, 5.41) is 0.529. The lowest BCUT2D eigenvalue weighted by atomic mass is 10.1. The molecule has 0 saturated heterocycles. The molecule has 28 heavy (non-hydrogen) atoms. The molecule has 4 rings (SSSR count). The second-order valence-corrected chi connectivity index (χ2v) is 6.73. The highest BCUT2D eigenvalue weighted by Crippen LogP contribution is 2.34. The van der Waals surface area contributed by atoms with Crippen molar-refractivity contribution in [2.45, 2.75) is 12.7 Å². The molecule has 0 atom stereocenters. The molecular weight excluding hydrogens is 392 g/mol. The van der Waals surface area contributed by atoms with Gasteiger partial charge in [-0.3, -0.25) is 0 Å². The molecule has 1 aromatic heterocycles. The number of alkyl halides is 3. The Morgan fingerprint density at radius 1 is 0.929 bits per heavy atom. The third-order valence-corrected chi connectivity index (χ3v) is 4.81. The van der Waals surface area contributed by atoms with E-state index in [4.69, 9.17) is 11.6 Å². The number of rotatable bonds is 3. The number of imidazole rings is 1. The predicted molar refractivity (Wildman–Crippen MR) is 101 cm³/mol. The van der Waals surface area contributed by atoms with E-state index in [0.717, 1.165) is 17.7 Å². The molecule has 0 amide bonds. The van der Waals surface area contributed by atoms with Gasteiger partial charge in [0.25, 0.3) is 0 Å². The number of fused-ring (bicyclic) bond motifs is 1. The van der Waals surface area contributed by atoms with Crippen LogP contribution in [0.5, 0.6) is 0 Å². The van der Waals surface area contributed by atoms with E-state index in [1.54, 1.807) is 22.8 Å². The van der Waals surface area contributed by atoms with Crippen LogP contribution in [0.3, 0.4) is 0 Å². The van der Waals surface area contributed by atoms with Crippen LogP contribution in [0.1, 0.15) is 11.1 Å². The van der Waals surface area contributed by atoms with Crippen LogP contribution in [-0.2, 0) is 12.7 Å². The normalized spacial score (nSPS) is 11.9. The molecule has 0 N–H and O–H groups in total. The Balaban J connectivity index is 1.94. The fourth-order valence-corrected chi connectivity index (χ4v) is 3.31. The fourth-order valence-electron chi connectivity index (χ4n) is 3.11. The number of nitrogens with zero attached hydrogens (tertiary/aromatic N) is 2. The average molecular weight is 405 g/mol. The van der Waals surface area contributed by atoms with Gasteiger partial charge in [-0.05, 0) is 42.0 Å². The van der Waals surface area contributed by atoms with Crippen molar-refractivity contribution in [3.05, 3.63) is 88.7 Å². The van der Waals surface area contributed by atoms with E-state index < -0.39 is 17.6 Å². The van der Waals surface area contributed by atoms with Crippen molar-refractivity contribution in [2.75, 3.05) is 0 Å². The van der Waals surface area contributed by atoms with Crippen molar-refractivity contribution in [2.24, 2.45) is 0 Å². The molecule has 1 heterocycles. The third-order valence-electron chi connectivity index (χ3n) is 4.44. The molecule has 0 radical (unpaired) electrons. The first kappa shape index (κ1) is 18.5. The van der Waals surface area contributed by atoms with Gasteiger partial charge in [-0.25, -0.2) is 9.37 Å². The summed E-state index contributed by atoms with van der Waals surface area (Å²) in [6, 6.07) is 16.4. The lowest BCUT2D eigenvalue weighted by Crippen LogP contribution is -2.05. The Kier molecular flexibility index (Phi) is 4.59. The molecule has 3 aromatic carbocycles. The summed E-state index contributed by atoms with van der Waals surface area (Å²) in [6.45, 7) is 0.285. The van der Waals surface area contributed by atoms with Crippen molar-refractivity contribution in [1.82, 2.24) is 9.55 Å². The van der Waals surface area contributed by atoms with E-state index in [2.05, 4.69) is 4.98 Å². The van der Waals surface area contributed by atoms with Gasteiger partial charge in [0.2, 0.25) is 0 Å². The smallest absolute Gasteiger partial charge is 0.319 e. The molecule has 0 aliphatic heterocycles. The van der Waals surface area contributed by atoms with Crippen LogP contribution in [0.2, 0.25) is 5.02 Å². The molecule has 2 nitrogen and oxygen atoms in total. The highest BCUT2D eigenvalue weighted by atomic mass is 35.5. The van der Waals surface area contributed by atoms with Crippen LogP contribution < -0.4 is 0 Å². The van der Waals surface area contributed by atoms with Crippen molar-refractivity contribution in [1.29, 1.82) is 0 Å². The van der Waals surface area contributed by atoms with E-state index in [0.29, 0.717) is 21.9 Å². The molecule has 4 aromatic rings. The lowest BCUT2D eigenvalue weighted by Gasteiger charge is -2.11. The SMILES string of the molecule is Fc1cccc(-c2nc3cc(C(F)(F)F)ccc3n2Cc2ccccc2Cl)c1. The van der Waals surface area contributed by atoms with Crippen molar-refractivity contribution in [3.63, 3.8) is 0 Å². The first-order valence-electron chi connectivity index (χ1n) is 8.40. The van der Waals surface area contributed by atoms with Gasteiger partial charge in [-0.1, -0.05) is 41.9 Å². The summed E-state index contributed by atoms with van der Waals surface area (Å²) >= 11 is 6.26. The van der Waals surface area contributed by atoms with E-state index in [1.165, 1.54) is 24.3 Å². The van der Waals surface area contributed by atoms with E-state index in [-0.39, 0.29) is 12.1 Å². The van der Waals surface area contributed by atoms with Crippen LogP contribution in [0.15, 0.2) is 66.7 Å². The minimum atomic E-state index is -4.47. The third kappa shape index (κ3) is 3.47. The van der Waals surface area contributed by atoms with Crippen LogP contribution in [-0.4, -0.2) is 9.55 Å². The van der Waals surface area contributed by atoms with Gasteiger partial charge in [0, 0.05) is 10.6 Å². The molecule has 0 aliphatic carbocycles. The van der Waals surface area contributed by atoms with Crippen molar-refractivity contribution < 1.29 is 17.6 Å². The number of hydrogen-bond donors (Lipinski definition) is 0. The van der Waals surface area contributed by atoms with Gasteiger partial charge in [-0.15, -0.1) is 0 Å². The van der Waals surface area contributed by atoms with Gasteiger partial charge in [0.05, 0.1) is 23.1 Å². The highest BCUT2D eigenvalue weighted by molar-refractivity contribution is 6.31. The minimum absolute atomic E-state index is 0.182. The standard InChI is InChI=1S/C21H13ClF4N2/c22-17-7-2-1-4-14(17)12-28-19-9-8-15(21(24,25)26)11-18(19)27-20(28)13-5-3-6-16(23)10-13/h1-11H,12H2. The van der Waals surface area contributed by atoms with Crippen LogP contribution >= 0.6 is 11.6 Å². The minimum Gasteiger partial charge on any atom is -0.319 e. The van der Waals surface area contributed by atoms with Gasteiger partial charge in [-0.2, -0.15) is 13.2 Å². The Morgan fingerprint density at radius 2 is 1.71 bits per heavy atom. The zero-order valence-electron chi connectivity index (χ0n) is 14.3. The van der Waals surface area contributed by atoms with Gasteiger partial charge >= 0.3 is 6.18 Å². The summed E-state index contributed by atoms with van der Waals surface area (Å²) in [6.07, 6.45) is -4.47. The predicted octanol–water partition coefficient (Wildman–Crippen LogP) is 6.56. The largest absolute Gasteiger partial charge is 0.416 e. The van der Waals surface area contributed by atoms with Crippen molar-refractivity contribution in [3.8, 4) is 11.4 Å². The van der Waals surface area contributed by atoms with E-state index in [1.807, 2.05) is 12.1 Å². The zero-order valence-corrected chi connectivity index (χ0v) is 15.1. The van der Waals surface area contributed by atoms with Crippen molar-refractivity contribution >= 4 is 22.6 Å². The monoisotopic (exact) mass is 404 g/mol. The number of benzene rings is 3. The molecule has 0 fully saturated rings. The van der Waals surface area contributed by atoms with Crippen LogP contribution in [0, 0.1) is 5.82 Å². The van der Waals surface area contributed by atoms with E-state index in [9.17, 15) is 17.6 Å². The molecule has 0 aliphatic rings.